The van der Waals surface area contributed by atoms with Gasteiger partial charge in [0, 0.05) is 25.8 Å². The van der Waals surface area contributed by atoms with Gasteiger partial charge in [0.15, 0.2) is 0 Å². The summed E-state index contributed by atoms with van der Waals surface area (Å²) in [5.41, 5.74) is 15.4. The van der Waals surface area contributed by atoms with E-state index in [1.807, 2.05) is 31.2 Å². The number of pyridine rings is 2. The number of hydrogen-bond acceptors (Lipinski definition) is 4. The Balaban J connectivity index is 0.000000185. The van der Waals surface area contributed by atoms with Crippen molar-refractivity contribution in [3.05, 3.63) is 162 Å². The molecule has 0 unspecified atom stereocenters. The van der Waals surface area contributed by atoms with Crippen LogP contribution in [0.1, 0.15) is 81.7 Å². The summed E-state index contributed by atoms with van der Waals surface area (Å²) in [5.74, 6) is 9.41. The second-order valence-corrected chi connectivity index (χ2v) is 28.4. The van der Waals surface area contributed by atoms with Gasteiger partial charge in [-0.15, -0.1) is 35.9 Å². The molecule has 4 aromatic heterocycles. The number of furan rings is 1. The van der Waals surface area contributed by atoms with Gasteiger partial charge in [-0.3, -0.25) is 4.98 Å². The third kappa shape index (κ3) is 8.95. The first kappa shape index (κ1) is 43.9. The van der Waals surface area contributed by atoms with Crippen molar-refractivity contribution in [1.29, 1.82) is 0 Å². The maximum atomic E-state index is 5.89. The van der Waals surface area contributed by atoms with Crippen LogP contribution in [0.2, 0.25) is 17.3 Å². The molecule has 1 radical (unpaired) electrons. The Hall–Kier alpha value is -5.14. The summed E-state index contributed by atoms with van der Waals surface area (Å²) in [5, 5.41) is 2.10. The van der Waals surface area contributed by atoms with E-state index in [1.54, 1.807) is 0 Å². The summed E-state index contributed by atoms with van der Waals surface area (Å²) < 4.78 is 9.75. The normalized spacial score (nSPS) is 11.8. The van der Waals surface area contributed by atoms with Gasteiger partial charge in [0.2, 0.25) is 0 Å². The molecular formula is C54H54GeIrN4O-2. The van der Waals surface area contributed by atoms with Crippen LogP contribution in [0.15, 0.2) is 132 Å². The van der Waals surface area contributed by atoms with Gasteiger partial charge in [-0.05, 0) is 58.4 Å². The van der Waals surface area contributed by atoms with Crippen LogP contribution < -0.4 is 4.40 Å². The summed E-state index contributed by atoms with van der Waals surface area (Å²) in [6.07, 6.45) is 2.11. The fraction of sp³-hybridized carbons (Fsp3) is 0.241. The topological polar surface area (TPSA) is 56.7 Å². The molecule has 0 aliphatic rings. The molecule has 0 amide bonds. The average molecular weight is 1040 g/mol. The van der Waals surface area contributed by atoms with Gasteiger partial charge < -0.3 is 4.57 Å². The van der Waals surface area contributed by atoms with Gasteiger partial charge >= 0.3 is 163 Å². The number of imidazole rings is 1. The van der Waals surface area contributed by atoms with Crippen molar-refractivity contribution >= 4 is 50.8 Å². The van der Waals surface area contributed by atoms with Crippen LogP contribution in [-0.2, 0) is 20.1 Å². The van der Waals surface area contributed by atoms with Gasteiger partial charge in [0.25, 0.3) is 0 Å². The zero-order valence-electron chi connectivity index (χ0n) is 36.9. The maximum absolute atomic E-state index is 5.89. The molecule has 0 saturated carbocycles. The Bertz CT molecular complexity index is 2930. The molecule has 0 aliphatic heterocycles. The minimum atomic E-state index is -1.96. The van der Waals surface area contributed by atoms with Crippen molar-refractivity contribution in [1.82, 2.24) is 19.5 Å². The van der Waals surface area contributed by atoms with Crippen molar-refractivity contribution in [3.8, 4) is 39.5 Å². The van der Waals surface area contributed by atoms with E-state index < -0.39 is 13.3 Å². The number of nitrogens with zero attached hydrogens (tertiary/aromatic N) is 4. The van der Waals surface area contributed by atoms with Gasteiger partial charge in [-0.2, -0.15) is 0 Å². The minimum Gasteiger partial charge on any atom is 0 e. The third-order valence-electron chi connectivity index (χ3n) is 11.3. The van der Waals surface area contributed by atoms with Crippen LogP contribution in [0.4, 0.5) is 0 Å². The quantitative estimate of drug-likeness (QED) is 0.112. The molecule has 9 aromatic rings. The van der Waals surface area contributed by atoms with E-state index in [-0.39, 0.29) is 20.1 Å². The second-order valence-electron chi connectivity index (χ2n) is 17.8. The Kier molecular flexibility index (Phi) is 13.0. The zero-order chi connectivity index (χ0) is 42.3. The molecule has 0 fully saturated rings. The fourth-order valence-corrected chi connectivity index (χ4v) is 11.7. The predicted octanol–water partition coefficient (Wildman–Crippen LogP) is 14.2. The van der Waals surface area contributed by atoms with Gasteiger partial charge in [0.05, 0.1) is 16.9 Å². The van der Waals surface area contributed by atoms with E-state index >= 15 is 0 Å². The van der Waals surface area contributed by atoms with Crippen LogP contribution in [0.25, 0.3) is 72.6 Å². The zero-order valence-corrected chi connectivity index (χ0v) is 41.4. The molecule has 7 heteroatoms. The van der Waals surface area contributed by atoms with E-state index in [0.717, 1.165) is 55.7 Å². The summed E-state index contributed by atoms with van der Waals surface area (Å²) in [6.45, 7) is 15.6. The van der Waals surface area contributed by atoms with Gasteiger partial charge in [-0.1, -0.05) is 70.2 Å². The van der Waals surface area contributed by atoms with Crippen LogP contribution in [0.5, 0.6) is 0 Å². The number of rotatable bonds is 8. The maximum Gasteiger partial charge on any atom is 0 e. The Labute approximate surface area is 377 Å². The van der Waals surface area contributed by atoms with Gasteiger partial charge in [0.1, 0.15) is 0 Å². The van der Waals surface area contributed by atoms with E-state index in [1.165, 1.54) is 37.9 Å². The van der Waals surface area contributed by atoms with Crippen LogP contribution in [-0.4, -0.2) is 32.8 Å². The molecule has 61 heavy (non-hydrogen) atoms. The fourth-order valence-electron chi connectivity index (χ4n) is 8.14. The summed E-state index contributed by atoms with van der Waals surface area (Å²) in [4.78, 5) is 14.4. The molecule has 0 aliphatic carbocycles. The smallest absolute Gasteiger partial charge is 0 e. The molecule has 311 valence electrons. The van der Waals surface area contributed by atoms with Crippen molar-refractivity contribution < 1.29 is 24.5 Å². The molecule has 0 spiro atoms. The Morgan fingerprint density at radius 2 is 1.31 bits per heavy atom. The molecule has 5 nitrogen and oxygen atoms in total. The number of aryl methyl sites for hydroxylation is 1. The van der Waals surface area contributed by atoms with Crippen LogP contribution in [0.3, 0.4) is 0 Å². The van der Waals surface area contributed by atoms with Crippen molar-refractivity contribution in [2.75, 3.05) is 0 Å². The number of hydrogen-bond donors (Lipinski definition) is 0. The monoisotopic (exact) mass is 1040 g/mol. The first-order valence-corrected chi connectivity index (χ1v) is 28.5. The molecule has 9 rings (SSSR count). The molecule has 0 bridgehead atoms. The van der Waals surface area contributed by atoms with Crippen LogP contribution >= 0.6 is 0 Å². The summed E-state index contributed by atoms with van der Waals surface area (Å²) in [7, 11) is 0. The van der Waals surface area contributed by atoms with E-state index in [4.69, 9.17) is 14.4 Å². The third-order valence-corrected chi connectivity index (χ3v) is 15.6. The van der Waals surface area contributed by atoms with Crippen molar-refractivity contribution in [2.24, 2.45) is 0 Å². The standard InChI is InChI=1S/C31H29N2.C23H25GeN2O.Ir/c1-21(2)26-19-25(23-13-7-5-8-14-23)20-27(22(3)4)30(26)33-29-18-12-11-17-28(29)32-31(33)24-15-9-6-10-16-24;1-14(2)18-12-21(25-13-20(18)24(4,5)6)16-8-10-22-19(11-16)17-9-7-15(3)26-23(17)27-22;/h5-15,17-22H,1-4H3;7,9-14H,1-6H3;/q2*-1;. The molecule has 0 saturated heterocycles. The largest absolute Gasteiger partial charge is 0 e. The molecular weight excluding hydrogens is 985 g/mol. The number of para-hydroxylation sites is 2. The average Bonchev–Trinajstić information content (AvgIpc) is 3.81. The number of aromatic nitrogens is 4. The number of benzene rings is 5. The minimum absolute atomic E-state index is 0. The second kappa shape index (κ2) is 18.1. The predicted molar refractivity (Wildman–Crippen MR) is 254 cm³/mol. The van der Waals surface area contributed by atoms with E-state index in [9.17, 15) is 0 Å². The van der Waals surface area contributed by atoms with Gasteiger partial charge in [-0.25, -0.2) is 0 Å². The molecule has 5 aromatic carbocycles. The Morgan fingerprint density at radius 3 is 1.97 bits per heavy atom. The Morgan fingerprint density at radius 1 is 0.639 bits per heavy atom. The van der Waals surface area contributed by atoms with Crippen molar-refractivity contribution in [3.63, 3.8) is 0 Å². The molecule has 4 heterocycles. The first-order valence-electron chi connectivity index (χ1n) is 21.2. The van der Waals surface area contributed by atoms with E-state index in [0.29, 0.717) is 23.5 Å². The summed E-state index contributed by atoms with van der Waals surface area (Å²) in [6, 6.07) is 49.1. The van der Waals surface area contributed by atoms with Crippen molar-refractivity contribution in [2.45, 2.75) is 83.5 Å². The van der Waals surface area contributed by atoms with Crippen LogP contribution in [0, 0.1) is 19.1 Å². The number of fused-ring (bicyclic) bond motifs is 4. The SMILES string of the molecule is CC(C)c1cc(-c2ccccc2)cc(C(C)C)c1-n1c(-c2[c-]cccc2)nc2ccccc21.Cc1ccc2c(n1)oc1c[c-]c(-c3cc(C(C)C)[c]([Ge]([CH3])([CH3])[CH3])cn3)cc12.[Ir]. The first-order chi connectivity index (χ1) is 28.8. The molecule has 0 N–H and O–H groups in total. The summed E-state index contributed by atoms with van der Waals surface area (Å²) >= 11 is -1.96. The van der Waals surface area contributed by atoms with E-state index in [2.05, 4.69) is 184 Å². The molecule has 0 atom stereocenters.